The molecule has 8 heteroatoms. The Morgan fingerprint density at radius 2 is 1.82 bits per heavy atom. The number of piperidine rings is 2. The summed E-state index contributed by atoms with van der Waals surface area (Å²) < 4.78 is 1.92. The van der Waals surface area contributed by atoms with E-state index in [-0.39, 0.29) is 23.3 Å². The summed E-state index contributed by atoms with van der Waals surface area (Å²) in [5, 5.41) is 3.09. The molecule has 2 saturated heterocycles. The Morgan fingerprint density at radius 3 is 2.63 bits per heavy atom. The number of carbonyl (C=O) groups excluding carboxylic acids is 2. The maximum Gasteiger partial charge on any atom is 0.255 e. The van der Waals surface area contributed by atoms with Crippen LogP contribution in [0.25, 0.3) is 0 Å². The molecule has 2 amide bonds. The predicted octanol–water partition coefficient (Wildman–Crippen LogP) is 3.99. The van der Waals surface area contributed by atoms with E-state index in [2.05, 4.69) is 28.2 Å². The quantitative estimate of drug-likeness (QED) is 0.572. The van der Waals surface area contributed by atoms with Crippen LogP contribution < -0.4 is 15.8 Å². The van der Waals surface area contributed by atoms with Crippen molar-refractivity contribution in [2.24, 2.45) is 11.8 Å². The molecule has 38 heavy (non-hydrogen) atoms. The maximum absolute atomic E-state index is 13.4. The molecule has 2 bridgehead atoms. The first-order chi connectivity index (χ1) is 18.5. The van der Waals surface area contributed by atoms with Gasteiger partial charge in [0, 0.05) is 73.9 Å². The fraction of sp³-hybridized carbons (Fsp3) is 0.400. The van der Waals surface area contributed by atoms with Crippen LogP contribution in [0.1, 0.15) is 58.5 Å². The third kappa shape index (κ3) is 4.71. The molecule has 0 saturated carbocycles. The number of nitrogens with one attached hydrogen (secondary N) is 1. The maximum atomic E-state index is 13.4. The molecule has 6 rings (SSSR count). The van der Waals surface area contributed by atoms with Gasteiger partial charge in [0.05, 0.1) is 11.4 Å². The highest BCUT2D eigenvalue weighted by Crippen LogP contribution is 2.39. The Labute approximate surface area is 222 Å². The van der Waals surface area contributed by atoms with Crippen LogP contribution in [-0.2, 0) is 6.54 Å². The van der Waals surface area contributed by atoms with Crippen LogP contribution in [0, 0.1) is 11.8 Å². The van der Waals surface area contributed by atoms with Gasteiger partial charge in [-0.15, -0.1) is 0 Å². The number of benzene rings is 1. The first kappa shape index (κ1) is 24.4. The van der Waals surface area contributed by atoms with Gasteiger partial charge in [0.2, 0.25) is 0 Å². The molecule has 1 N–H and O–H groups in total. The van der Waals surface area contributed by atoms with Gasteiger partial charge in [-0.2, -0.15) is 0 Å². The van der Waals surface area contributed by atoms with Gasteiger partial charge in [-0.1, -0.05) is 13.0 Å². The van der Waals surface area contributed by atoms with E-state index >= 15 is 0 Å². The van der Waals surface area contributed by atoms with Gasteiger partial charge in [-0.25, -0.2) is 0 Å². The van der Waals surface area contributed by atoms with Gasteiger partial charge in [0.25, 0.3) is 17.4 Å². The van der Waals surface area contributed by atoms with Crippen LogP contribution in [-0.4, -0.2) is 52.4 Å². The van der Waals surface area contributed by atoms with E-state index in [1.54, 1.807) is 30.6 Å². The standard InChI is InChI=1S/C30H33N5O3/c1-20-4-3-13-33(16-20)30(38)23-7-8-27(25(15-23)32-29(37)22-9-11-31-12-10-22)34-17-21-14-24(19-34)26-5-2-6-28(36)35(26)18-21/h2,5-12,15,20-21,24H,3-4,13-14,16-19H2,1H3,(H,32,37). The summed E-state index contributed by atoms with van der Waals surface area (Å²) in [7, 11) is 0. The van der Waals surface area contributed by atoms with E-state index < -0.39 is 0 Å². The van der Waals surface area contributed by atoms with E-state index in [0.717, 1.165) is 56.8 Å². The zero-order valence-corrected chi connectivity index (χ0v) is 21.7. The van der Waals surface area contributed by atoms with Gasteiger partial charge < -0.3 is 19.7 Å². The smallest absolute Gasteiger partial charge is 0.255 e. The van der Waals surface area contributed by atoms with Crippen LogP contribution in [0.15, 0.2) is 65.7 Å². The molecule has 0 radical (unpaired) electrons. The first-order valence-electron chi connectivity index (χ1n) is 13.6. The summed E-state index contributed by atoms with van der Waals surface area (Å²) in [6.45, 7) is 5.93. The number of likely N-dealkylation sites (tertiary alicyclic amines) is 1. The van der Waals surface area contributed by atoms with Crippen molar-refractivity contribution in [1.29, 1.82) is 0 Å². The fourth-order valence-corrected chi connectivity index (χ4v) is 6.39. The molecule has 3 aromatic rings. The zero-order valence-electron chi connectivity index (χ0n) is 21.7. The van der Waals surface area contributed by atoms with Crippen molar-refractivity contribution in [3.63, 3.8) is 0 Å². The van der Waals surface area contributed by atoms with Gasteiger partial charge in [-0.05, 0) is 67.5 Å². The number of hydrogen-bond acceptors (Lipinski definition) is 5. The number of rotatable bonds is 4. The second-order valence-electron chi connectivity index (χ2n) is 11.0. The number of nitrogens with zero attached hydrogens (tertiary/aromatic N) is 4. The lowest BCUT2D eigenvalue weighted by atomic mass is 9.83. The molecule has 5 heterocycles. The first-order valence-corrected chi connectivity index (χ1v) is 13.6. The number of aromatic nitrogens is 2. The van der Waals surface area contributed by atoms with Crippen LogP contribution >= 0.6 is 0 Å². The minimum atomic E-state index is -0.237. The van der Waals surface area contributed by atoms with Gasteiger partial charge >= 0.3 is 0 Å². The lowest BCUT2D eigenvalue weighted by Gasteiger charge is -2.44. The second-order valence-corrected chi connectivity index (χ2v) is 11.0. The monoisotopic (exact) mass is 511 g/mol. The molecule has 1 aromatic carbocycles. The van der Waals surface area contributed by atoms with Crippen LogP contribution in [0.4, 0.5) is 11.4 Å². The van der Waals surface area contributed by atoms with Crippen molar-refractivity contribution < 1.29 is 9.59 Å². The summed E-state index contributed by atoms with van der Waals surface area (Å²) in [5.74, 6) is 0.823. The SMILES string of the molecule is CC1CCCN(C(=O)c2ccc(N3CC4CC(C3)c3cccc(=O)n3C4)c(NC(=O)c3ccncc3)c2)C1. The van der Waals surface area contributed by atoms with Crippen molar-refractivity contribution in [3.8, 4) is 0 Å². The average molecular weight is 512 g/mol. The van der Waals surface area contributed by atoms with E-state index in [1.165, 1.54) is 0 Å². The van der Waals surface area contributed by atoms with Crippen LogP contribution in [0.3, 0.4) is 0 Å². The lowest BCUT2D eigenvalue weighted by Crippen LogP contribution is -2.47. The summed E-state index contributed by atoms with van der Waals surface area (Å²) in [6, 6.07) is 14.6. The largest absolute Gasteiger partial charge is 0.369 e. The zero-order chi connectivity index (χ0) is 26.2. The Morgan fingerprint density at radius 1 is 0.974 bits per heavy atom. The lowest BCUT2D eigenvalue weighted by molar-refractivity contribution is 0.0683. The summed E-state index contributed by atoms with van der Waals surface area (Å²) in [4.78, 5) is 47.3. The van der Waals surface area contributed by atoms with Crippen LogP contribution in [0.5, 0.6) is 0 Å². The highest BCUT2D eigenvalue weighted by atomic mass is 16.2. The van der Waals surface area contributed by atoms with Gasteiger partial charge in [-0.3, -0.25) is 19.4 Å². The van der Waals surface area contributed by atoms with Gasteiger partial charge in [0.1, 0.15) is 0 Å². The van der Waals surface area contributed by atoms with Crippen molar-refractivity contribution >= 4 is 23.2 Å². The molecule has 2 aromatic heterocycles. The Bertz CT molecular complexity index is 1420. The third-order valence-electron chi connectivity index (χ3n) is 8.20. The highest BCUT2D eigenvalue weighted by Gasteiger charge is 2.35. The summed E-state index contributed by atoms with van der Waals surface area (Å²) >= 11 is 0. The molecule has 3 atom stereocenters. The van der Waals surface area contributed by atoms with Crippen molar-refractivity contribution in [2.75, 3.05) is 36.4 Å². The number of anilines is 2. The van der Waals surface area contributed by atoms with Gasteiger partial charge in [0.15, 0.2) is 0 Å². The molecular formula is C30H33N5O3. The molecule has 0 aliphatic carbocycles. The molecule has 8 nitrogen and oxygen atoms in total. The Balaban J connectivity index is 1.33. The van der Waals surface area contributed by atoms with Crippen molar-refractivity contribution in [1.82, 2.24) is 14.5 Å². The molecular weight excluding hydrogens is 478 g/mol. The molecule has 3 aliphatic rings. The number of amides is 2. The van der Waals surface area contributed by atoms with Crippen molar-refractivity contribution in [3.05, 3.63) is 88.1 Å². The Hall–Kier alpha value is -3.94. The predicted molar refractivity (Wildman–Crippen MR) is 147 cm³/mol. The summed E-state index contributed by atoms with van der Waals surface area (Å²) in [5.41, 5.74) is 3.77. The van der Waals surface area contributed by atoms with E-state index in [1.807, 2.05) is 33.7 Å². The second kappa shape index (κ2) is 10.1. The average Bonchev–Trinajstić information content (AvgIpc) is 2.93. The number of hydrogen-bond donors (Lipinski definition) is 1. The van der Waals surface area contributed by atoms with Crippen LogP contribution in [0.2, 0.25) is 0 Å². The van der Waals surface area contributed by atoms with E-state index in [4.69, 9.17) is 0 Å². The number of pyridine rings is 2. The van der Waals surface area contributed by atoms with E-state index in [0.29, 0.717) is 35.2 Å². The highest BCUT2D eigenvalue weighted by molar-refractivity contribution is 6.07. The molecule has 196 valence electrons. The minimum Gasteiger partial charge on any atom is -0.369 e. The molecule has 2 fully saturated rings. The van der Waals surface area contributed by atoms with Crippen molar-refractivity contribution in [2.45, 2.75) is 38.6 Å². The molecule has 3 unspecified atom stereocenters. The number of carbonyl (C=O) groups is 2. The molecule has 3 aliphatic heterocycles. The Kier molecular flexibility index (Phi) is 6.47. The van der Waals surface area contributed by atoms with E-state index in [9.17, 15) is 14.4 Å². The fourth-order valence-electron chi connectivity index (χ4n) is 6.39. The topological polar surface area (TPSA) is 87.5 Å². The molecule has 0 spiro atoms. The number of fused-ring (bicyclic) bond motifs is 4. The summed E-state index contributed by atoms with van der Waals surface area (Å²) in [6.07, 6.45) is 6.39. The third-order valence-corrected chi connectivity index (χ3v) is 8.20. The minimum absolute atomic E-state index is 0.00586. The normalized spacial score (nSPS) is 22.5.